The quantitative estimate of drug-likeness (QED) is 0.924. The van der Waals surface area contributed by atoms with Crippen LogP contribution in [0.25, 0.3) is 10.6 Å². The van der Waals surface area contributed by atoms with E-state index < -0.39 is 0 Å². The fraction of sp³-hybridized carbons (Fsp3) is 0.308. The predicted molar refractivity (Wildman–Crippen MR) is 73.8 cm³/mol. The molecule has 0 aromatic carbocycles. The molecule has 94 valence electrons. The number of nitrogens with zero attached hydrogens (tertiary/aromatic N) is 2. The molecule has 0 atom stereocenters. The van der Waals surface area contributed by atoms with Gasteiger partial charge in [-0.25, -0.2) is 4.98 Å². The summed E-state index contributed by atoms with van der Waals surface area (Å²) >= 11 is 1.43. The number of hydrogen-bond acceptors (Lipinski definition) is 4. The van der Waals surface area contributed by atoms with Crippen LogP contribution in [0.1, 0.15) is 25.1 Å². The topological polar surface area (TPSA) is 54.9 Å². The van der Waals surface area contributed by atoms with Crippen LogP contribution in [0, 0.1) is 6.92 Å². The number of carbonyl (C=O) groups is 1. The maximum Gasteiger partial charge on any atom is 0.223 e. The van der Waals surface area contributed by atoms with E-state index in [-0.39, 0.29) is 5.91 Å². The summed E-state index contributed by atoms with van der Waals surface area (Å²) in [4.78, 5) is 20.7. The summed E-state index contributed by atoms with van der Waals surface area (Å²) in [5, 5.41) is 3.28. The molecule has 0 saturated heterocycles. The molecule has 0 aliphatic heterocycles. The highest BCUT2D eigenvalue weighted by Crippen LogP contribution is 2.28. The van der Waals surface area contributed by atoms with Crippen molar-refractivity contribution in [3.8, 4) is 10.6 Å². The molecule has 1 N–H and O–H groups in total. The Morgan fingerprint density at radius 3 is 2.89 bits per heavy atom. The van der Waals surface area contributed by atoms with Gasteiger partial charge in [0.1, 0.15) is 0 Å². The van der Waals surface area contributed by atoms with Crippen LogP contribution in [0.15, 0.2) is 18.3 Å². The van der Waals surface area contributed by atoms with E-state index >= 15 is 0 Å². The third-order valence-electron chi connectivity index (χ3n) is 2.58. The molecule has 0 aliphatic rings. The number of aryl methyl sites for hydroxylation is 2. The van der Waals surface area contributed by atoms with Crippen LogP contribution in [-0.2, 0) is 11.2 Å². The molecular formula is C13H15N3OS. The Kier molecular flexibility index (Phi) is 3.72. The lowest BCUT2D eigenvalue weighted by Crippen LogP contribution is -2.04. The van der Waals surface area contributed by atoms with E-state index in [0.717, 1.165) is 22.7 Å². The molecule has 2 heterocycles. The standard InChI is InChI=1S/C13H15N3OS/c1-4-10-8(2)5-6-11(16-10)12-7-14-13(18-12)15-9(3)17/h5-7H,4H2,1-3H3,(H,14,15,17). The Labute approximate surface area is 110 Å². The SMILES string of the molecule is CCc1nc(-c2cnc(NC(C)=O)s2)ccc1C. The normalized spacial score (nSPS) is 10.4. The van der Waals surface area contributed by atoms with Gasteiger partial charge in [0.2, 0.25) is 5.91 Å². The number of aromatic nitrogens is 2. The summed E-state index contributed by atoms with van der Waals surface area (Å²) in [5.41, 5.74) is 3.21. The molecule has 0 bridgehead atoms. The van der Waals surface area contributed by atoms with Gasteiger partial charge in [0.15, 0.2) is 5.13 Å². The van der Waals surface area contributed by atoms with Crippen LogP contribution in [0.3, 0.4) is 0 Å². The van der Waals surface area contributed by atoms with Crippen LogP contribution < -0.4 is 5.32 Å². The Balaban J connectivity index is 2.31. The number of nitrogens with one attached hydrogen (secondary N) is 1. The van der Waals surface area contributed by atoms with Crippen molar-refractivity contribution in [2.75, 3.05) is 5.32 Å². The van der Waals surface area contributed by atoms with Gasteiger partial charge in [0, 0.05) is 18.8 Å². The lowest BCUT2D eigenvalue weighted by molar-refractivity contribution is -0.114. The van der Waals surface area contributed by atoms with E-state index in [2.05, 4.69) is 35.2 Å². The third kappa shape index (κ3) is 2.73. The fourth-order valence-electron chi connectivity index (χ4n) is 1.67. The lowest BCUT2D eigenvalue weighted by atomic mass is 10.1. The van der Waals surface area contributed by atoms with Gasteiger partial charge < -0.3 is 5.32 Å². The second-order valence-corrected chi connectivity index (χ2v) is 5.06. The second-order valence-electron chi connectivity index (χ2n) is 4.02. The minimum Gasteiger partial charge on any atom is -0.302 e. The van der Waals surface area contributed by atoms with E-state index in [1.54, 1.807) is 6.20 Å². The van der Waals surface area contributed by atoms with Crippen LogP contribution in [0.4, 0.5) is 5.13 Å². The van der Waals surface area contributed by atoms with Crippen molar-refractivity contribution >= 4 is 22.4 Å². The van der Waals surface area contributed by atoms with Crippen molar-refractivity contribution in [1.29, 1.82) is 0 Å². The molecule has 0 saturated carbocycles. The molecule has 2 aromatic rings. The van der Waals surface area contributed by atoms with Gasteiger partial charge in [-0.15, -0.1) is 0 Å². The van der Waals surface area contributed by atoms with Crippen molar-refractivity contribution in [3.63, 3.8) is 0 Å². The van der Waals surface area contributed by atoms with Crippen molar-refractivity contribution in [2.24, 2.45) is 0 Å². The first-order valence-electron chi connectivity index (χ1n) is 5.80. The van der Waals surface area contributed by atoms with Crippen LogP contribution in [-0.4, -0.2) is 15.9 Å². The van der Waals surface area contributed by atoms with Gasteiger partial charge in [-0.2, -0.15) is 0 Å². The largest absolute Gasteiger partial charge is 0.302 e. The van der Waals surface area contributed by atoms with Gasteiger partial charge >= 0.3 is 0 Å². The maximum atomic E-state index is 10.9. The molecule has 4 nitrogen and oxygen atoms in total. The molecule has 2 aromatic heterocycles. The molecule has 2 rings (SSSR count). The number of anilines is 1. The first-order valence-corrected chi connectivity index (χ1v) is 6.62. The van der Waals surface area contributed by atoms with Crippen molar-refractivity contribution < 1.29 is 4.79 Å². The van der Waals surface area contributed by atoms with E-state index in [1.165, 1.54) is 23.8 Å². The third-order valence-corrected chi connectivity index (χ3v) is 3.51. The van der Waals surface area contributed by atoms with E-state index in [4.69, 9.17) is 0 Å². The summed E-state index contributed by atoms with van der Waals surface area (Å²) < 4.78 is 0. The monoisotopic (exact) mass is 261 g/mol. The number of hydrogen-bond donors (Lipinski definition) is 1. The minimum atomic E-state index is -0.109. The average Bonchev–Trinajstić information content (AvgIpc) is 2.77. The van der Waals surface area contributed by atoms with Gasteiger partial charge in [-0.1, -0.05) is 24.3 Å². The highest BCUT2D eigenvalue weighted by Gasteiger charge is 2.08. The van der Waals surface area contributed by atoms with Crippen LogP contribution in [0.5, 0.6) is 0 Å². The molecular weight excluding hydrogens is 246 g/mol. The summed E-state index contributed by atoms with van der Waals surface area (Å²) in [6.45, 7) is 5.62. The maximum absolute atomic E-state index is 10.9. The second kappa shape index (κ2) is 5.27. The zero-order valence-electron chi connectivity index (χ0n) is 10.7. The van der Waals surface area contributed by atoms with E-state index in [0.29, 0.717) is 5.13 Å². The number of pyridine rings is 1. The zero-order chi connectivity index (χ0) is 13.1. The molecule has 0 spiro atoms. The van der Waals surface area contributed by atoms with Gasteiger partial charge in [-0.3, -0.25) is 9.78 Å². The fourth-order valence-corrected chi connectivity index (χ4v) is 2.50. The Hall–Kier alpha value is -1.75. The molecule has 0 fully saturated rings. The number of thiazole rings is 1. The number of rotatable bonds is 3. The number of amides is 1. The summed E-state index contributed by atoms with van der Waals surface area (Å²) in [6.07, 6.45) is 2.66. The molecule has 0 unspecified atom stereocenters. The highest BCUT2D eigenvalue weighted by atomic mass is 32.1. The first kappa shape index (κ1) is 12.7. The number of carbonyl (C=O) groups excluding carboxylic acids is 1. The van der Waals surface area contributed by atoms with Crippen molar-refractivity contribution in [3.05, 3.63) is 29.6 Å². The summed E-state index contributed by atoms with van der Waals surface area (Å²) in [6, 6.07) is 4.05. The zero-order valence-corrected chi connectivity index (χ0v) is 11.5. The van der Waals surface area contributed by atoms with E-state index in [9.17, 15) is 4.79 Å². The Morgan fingerprint density at radius 2 is 2.22 bits per heavy atom. The Bertz CT molecular complexity index is 577. The average molecular weight is 261 g/mol. The lowest BCUT2D eigenvalue weighted by Gasteiger charge is -2.03. The van der Waals surface area contributed by atoms with Gasteiger partial charge in [0.25, 0.3) is 0 Å². The molecule has 0 radical (unpaired) electrons. The molecule has 1 amide bonds. The smallest absolute Gasteiger partial charge is 0.223 e. The van der Waals surface area contributed by atoms with E-state index in [1.807, 2.05) is 6.07 Å². The predicted octanol–water partition coefficient (Wildman–Crippen LogP) is 3.03. The molecule has 18 heavy (non-hydrogen) atoms. The van der Waals surface area contributed by atoms with Crippen molar-refractivity contribution in [1.82, 2.24) is 9.97 Å². The summed E-state index contributed by atoms with van der Waals surface area (Å²) in [5.74, 6) is -0.109. The highest BCUT2D eigenvalue weighted by molar-refractivity contribution is 7.19. The summed E-state index contributed by atoms with van der Waals surface area (Å²) in [7, 11) is 0. The first-order chi connectivity index (χ1) is 8.60. The van der Waals surface area contributed by atoms with Crippen LogP contribution in [0.2, 0.25) is 0 Å². The molecule has 5 heteroatoms. The van der Waals surface area contributed by atoms with Crippen molar-refractivity contribution in [2.45, 2.75) is 27.2 Å². The molecule has 0 aliphatic carbocycles. The van der Waals surface area contributed by atoms with Gasteiger partial charge in [-0.05, 0) is 25.0 Å². The van der Waals surface area contributed by atoms with Crippen LogP contribution >= 0.6 is 11.3 Å². The Morgan fingerprint density at radius 1 is 1.44 bits per heavy atom. The van der Waals surface area contributed by atoms with Gasteiger partial charge in [0.05, 0.1) is 10.6 Å². The minimum absolute atomic E-state index is 0.109.